The van der Waals surface area contributed by atoms with Crippen LogP contribution in [0.15, 0.2) is 16.5 Å². The number of hydrogen-bond acceptors (Lipinski definition) is 3. The summed E-state index contributed by atoms with van der Waals surface area (Å²) in [6.45, 7) is 4.76. The number of nitrogens with two attached hydrogens (primary N) is 1. The molecular weight excluding hydrogens is 200 g/mol. The summed E-state index contributed by atoms with van der Waals surface area (Å²) < 4.78 is 5.54. The predicted octanol–water partition coefficient (Wildman–Crippen LogP) is 2.41. The number of nitrogens with one attached hydrogen (secondary N) is 1. The largest absolute Gasteiger partial charge is 0.463 e. The van der Waals surface area contributed by atoms with E-state index in [0.29, 0.717) is 12.0 Å². The molecular formula is C13H22N2O. The third-order valence-electron chi connectivity index (χ3n) is 3.58. The molecule has 90 valence electrons. The zero-order chi connectivity index (χ0) is 11.4. The maximum absolute atomic E-state index is 5.54. The summed E-state index contributed by atoms with van der Waals surface area (Å²) in [6.07, 6.45) is 5.48. The van der Waals surface area contributed by atoms with Gasteiger partial charge in [0.15, 0.2) is 0 Å². The van der Waals surface area contributed by atoms with Crippen molar-refractivity contribution in [1.29, 1.82) is 0 Å². The minimum Gasteiger partial charge on any atom is -0.463 e. The van der Waals surface area contributed by atoms with Gasteiger partial charge in [-0.15, -0.1) is 0 Å². The maximum Gasteiger partial charge on any atom is 0.118 e. The van der Waals surface area contributed by atoms with E-state index in [1.165, 1.54) is 25.7 Å². The second-order valence-corrected chi connectivity index (χ2v) is 5.19. The molecule has 1 aliphatic carbocycles. The molecule has 1 heterocycles. The first-order valence-electron chi connectivity index (χ1n) is 6.20. The van der Waals surface area contributed by atoms with Gasteiger partial charge in [-0.05, 0) is 30.4 Å². The SMILES string of the molecule is CC1(CNCc2ccc(CN)o2)CCCC1. The number of hydrogen-bond donors (Lipinski definition) is 2. The van der Waals surface area contributed by atoms with E-state index in [2.05, 4.69) is 12.2 Å². The molecule has 2 rings (SSSR count). The van der Waals surface area contributed by atoms with E-state index in [0.717, 1.165) is 24.6 Å². The first-order valence-corrected chi connectivity index (χ1v) is 6.20. The third-order valence-corrected chi connectivity index (χ3v) is 3.58. The van der Waals surface area contributed by atoms with Crippen LogP contribution in [0.1, 0.15) is 44.1 Å². The van der Waals surface area contributed by atoms with Crippen molar-refractivity contribution in [2.75, 3.05) is 6.54 Å². The van der Waals surface area contributed by atoms with Gasteiger partial charge in [0, 0.05) is 6.54 Å². The highest BCUT2D eigenvalue weighted by molar-refractivity contribution is 5.06. The lowest BCUT2D eigenvalue weighted by molar-refractivity contribution is 0.307. The summed E-state index contributed by atoms with van der Waals surface area (Å²) in [7, 11) is 0. The molecule has 3 nitrogen and oxygen atoms in total. The molecule has 0 bridgehead atoms. The van der Waals surface area contributed by atoms with E-state index in [1.807, 2.05) is 12.1 Å². The fraction of sp³-hybridized carbons (Fsp3) is 0.692. The van der Waals surface area contributed by atoms with Gasteiger partial charge >= 0.3 is 0 Å². The quantitative estimate of drug-likeness (QED) is 0.804. The van der Waals surface area contributed by atoms with E-state index in [-0.39, 0.29) is 0 Å². The lowest BCUT2D eigenvalue weighted by Gasteiger charge is -2.23. The van der Waals surface area contributed by atoms with Crippen LogP contribution in [0.4, 0.5) is 0 Å². The minimum absolute atomic E-state index is 0.484. The van der Waals surface area contributed by atoms with Crippen LogP contribution in [0.25, 0.3) is 0 Å². The molecule has 0 radical (unpaired) electrons. The number of furan rings is 1. The molecule has 1 aliphatic rings. The normalized spacial score (nSPS) is 19.1. The Morgan fingerprint density at radius 1 is 1.31 bits per heavy atom. The van der Waals surface area contributed by atoms with Crippen molar-refractivity contribution in [2.24, 2.45) is 11.1 Å². The van der Waals surface area contributed by atoms with Crippen LogP contribution in [-0.2, 0) is 13.1 Å². The van der Waals surface area contributed by atoms with Crippen LogP contribution in [0.2, 0.25) is 0 Å². The zero-order valence-corrected chi connectivity index (χ0v) is 10.1. The molecule has 0 aromatic carbocycles. The van der Waals surface area contributed by atoms with Gasteiger partial charge in [0.2, 0.25) is 0 Å². The van der Waals surface area contributed by atoms with Gasteiger partial charge < -0.3 is 15.5 Å². The molecule has 1 fully saturated rings. The first kappa shape index (κ1) is 11.7. The summed E-state index contributed by atoms with van der Waals surface area (Å²) in [5.41, 5.74) is 6.00. The lowest BCUT2D eigenvalue weighted by atomic mass is 9.89. The Labute approximate surface area is 97.4 Å². The van der Waals surface area contributed by atoms with Crippen molar-refractivity contribution in [3.05, 3.63) is 23.7 Å². The summed E-state index contributed by atoms with van der Waals surface area (Å²) in [6, 6.07) is 3.96. The van der Waals surface area contributed by atoms with Crippen LogP contribution in [0.5, 0.6) is 0 Å². The van der Waals surface area contributed by atoms with Crippen LogP contribution in [0.3, 0.4) is 0 Å². The van der Waals surface area contributed by atoms with Gasteiger partial charge in [0.1, 0.15) is 11.5 Å². The molecule has 3 heteroatoms. The predicted molar refractivity (Wildman–Crippen MR) is 64.9 cm³/mol. The highest BCUT2D eigenvalue weighted by atomic mass is 16.3. The van der Waals surface area contributed by atoms with Crippen LogP contribution in [0, 0.1) is 5.41 Å². The summed E-state index contributed by atoms with van der Waals surface area (Å²) >= 11 is 0. The minimum atomic E-state index is 0.484. The Morgan fingerprint density at radius 2 is 2.00 bits per heavy atom. The summed E-state index contributed by atoms with van der Waals surface area (Å²) in [4.78, 5) is 0. The lowest BCUT2D eigenvalue weighted by Crippen LogP contribution is -2.28. The molecule has 16 heavy (non-hydrogen) atoms. The second kappa shape index (κ2) is 5.02. The monoisotopic (exact) mass is 222 g/mol. The van der Waals surface area contributed by atoms with Crippen molar-refractivity contribution in [1.82, 2.24) is 5.32 Å². The maximum atomic E-state index is 5.54. The molecule has 1 aromatic rings. The third kappa shape index (κ3) is 2.86. The second-order valence-electron chi connectivity index (χ2n) is 5.19. The van der Waals surface area contributed by atoms with Gasteiger partial charge in [-0.25, -0.2) is 0 Å². The average Bonchev–Trinajstić information content (AvgIpc) is 2.88. The van der Waals surface area contributed by atoms with Gasteiger partial charge in [0.25, 0.3) is 0 Å². The van der Waals surface area contributed by atoms with Gasteiger partial charge in [-0.2, -0.15) is 0 Å². The van der Waals surface area contributed by atoms with Crippen molar-refractivity contribution >= 4 is 0 Å². The highest BCUT2D eigenvalue weighted by Crippen LogP contribution is 2.36. The molecule has 0 amide bonds. The Morgan fingerprint density at radius 3 is 2.62 bits per heavy atom. The molecule has 0 spiro atoms. The molecule has 0 aliphatic heterocycles. The van der Waals surface area contributed by atoms with E-state index >= 15 is 0 Å². The fourth-order valence-corrected chi connectivity index (χ4v) is 2.52. The van der Waals surface area contributed by atoms with E-state index in [1.54, 1.807) is 0 Å². The van der Waals surface area contributed by atoms with Gasteiger partial charge in [-0.1, -0.05) is 19.8 Å². The molecule has 1 saturated carbocycles. The van der Waals surface area contributed by atoms with Crippen molar-refractivity contribution in [3.8, 4) is 0 Å². The standard InChI is InChI=1S/C13H22N2O/c1-13(6-2-3-7-13)10-15-9-12-5-4-11(8-14)16-12/h4-5,15H,2-3,6-10,14H2,1H3. The fourth-order valence-electron chi connectivity index (χ4n) is 2.52. The average molecular weight is 222 g/mol. The van der Waals surface area contributed by atoms with Crippen molar-refractivity contribution in [2.45, 2.75) is 45.7 Å². The van der Waals surface area contributed by atoms with Crippen molar-refractivity contribution in [3.63, 3.8) is 0 Å². The Balaban J connectivity index is 1.75. The highest BCUT2D eigenvalue weighted by Gasteiger charge is 2.27. The van der Waals surface area contributed by atoms with Gasteiger partial charge in [0.05, 0.1) is 13.1 Å². The summed E-state index contributed by atoms with van der Waals surface area (Å²) in [5, 5.41) is 3.49. The molecule has 1 aromatic heterocycles. The smallest absolute Gasteiger partial charge is 0.118 e. The number of rotatable bonds is 5. The zero-order valence-electron chi connectivity index (χ0n) is 10.1. The molecule has 0 unspecified atom stereocenters. The molecule has 0 saturated heterocycles. The van der Waals surface area contributed by atoms with Gasteiger partial charge in [-0.3, -0.25) is 0 Å². The van der Waals surface area contributed by atoms with Crippen LogP contribution < -0.4 is 11.1 Å². The van der Waals surface area contributed by atoms with Crippen LogP contribution >= 0.6 is 0 Å². The Kier molecular flexibility index (Phi) is 3.66. The Bertz CT molecular complexity index is 326. The van der Waals surface area contributed by atoms with E-state index in [9.17, 15) is 0 Å². The van der Waals surface area contributed by atoms with E-state index < -0.39 is 0 Å². The summed E-state index contributed by atoms with van der Waals surface area (Å²) in [5.74, 6) is 1.85. The Hall–Kier alpha value is -0.800. The van der Waals surface area contributed by atoms with Crippen LogP contribution in [-0.4, -0.2) is 6.54 Å². The van der Waals surface area contributed by atoms with Crippen molar-refractivity contribution < 1.29 is 4.42 Å². The topological polar surface area (TPSA) is 51.2 Å². The first-order chi connectivity index (χ1) is 7.72. The molecule has 3 N–H and O–H groups in total. The molecule has 0 atom stereocenters. The van der Waals surface area contributed by atoms with E-state index in [4.69, 9.17) is 10.2 Å².